The minimum atomic E-state index is -3.41. The lowest BCUT2D eigenvalue weighted by Crippen LogP contribution is -2.01. The van der Waals surface area contributed by atoms with Crippen LogP contribution in [0.5, 0.6) is 0 Å². The van der Waals surface area contributed by atoms with E-state index in [9.17, 15) is 12.8 Å². The predicted octanol–water partition coefficient (Wildman–Crippen LogP) is 3.27. The number of alkyl halides is 1. The third-order valence-electron chi connectivity index (χ3n) is 3.11. The molecule has 0 aliphatic rings. The SMILES string of the molecule is CNc1ccc(-c2ccc(S(C)(=O)=O)c(CF)c2)cc1. The monoisotopic (exact) mass is 293 g/mol. The van der Waals surface area contributed by atoms with E-state index in [2.05, 4.69) is 5.32 Å². The molecule has 20 heavy (non-hydrogen) atoms. The molecule has 0 saturated heterocycles. The largest absolute Gasteiger partial charge is 0.388 e. The van der Waals surface area contributed by atoms with Gasteiger partial charge in [0.2, 0.25) is 0 Å². The number of halogens is 1. The van der Waals surface area contributed by atoms with Gasteiger partial charge in [-0.15, -0.1) is 0 Å². The first kappa shape index (κ1) is 14.5. The van der Waals surface area contributed by atoms with Crippen LogP contribution >= 0.6 is 0 Å². The summed E-state index contributed by atoms with van der Waals surface area (Å²) in [6.07, 6.45) is 1.09. The highest BCUT2D eigenvalue weighted by atomic mass is 32.2. The van der Waals surface area contributed by atoms with Crippen LogP contribution in [0.2, 0.25) is 0 Å². The molecule has 0 spiro atoms. The van der Waals surface area contributed by atoms with Crippen LogP contribution in [0, 0.1) is 0 Å². The van der Waals surface area contributed by atoms with Crippen LogP contribution in [0.4, 0.5) is 10.1 Å². The maximum atomic E-state index is 13.1. The lowest BCUT2D eigenvalue weighted by atomic mass is 10.0. The van der Waals surface area contributed by atoms with Gasteiger partial charge in [-0.05, 0) is 35.4 Å². The van der Waals surface area contributed by atoms with Gasteiger partial charge in [0.1, 0.15) is 6.67 Å². The summed E-state index contributed by atoms with van der Waals surface area (Å²) >= 11 is 0. The lowest BCUT2D eigenvalue weighted by Gasteiger charge is -2.09. The molecule has 2 rings (SSSR count). The number of benzene rings is 2. The summed E-state index contributed by atoms with van der Waals surface area (Å²) < 4.78 is 36.2. The number of sulfone groups is 1. The molecule has 5 heteroatoms. The van der Waals surface area contributed by atoms with Crippen molar-refractivity contribution in [3.63, 3.8) is 0 Å². The summed E-state index contributed by atoms with van der Waals surface area (Å²) in [7, 11) is -1.57. The zero-order valence-electron chi connectivity index (χ0n) is 11.4. The van der Waals surface area contributed by atoms with E-state index < -0.39 is 16.5 Å². The molecule has 0 fully saturated rings. The Kier molecular flexibility index (Phi) is 4.09. The third-order valence-corrected chi connectivity index (χ3v) is 4.31. The van der Waals surface area contributed by atoms with Crippen molar-refractivity contribution in [2.24, 2.45) is 0 Å². The van der Waals surface area contributed by atoms with E-state index in [-0.39, 0.29) is 10.5 Å². The molecule has 0 aliphatic carbocycles. The van der Waals surface area contributed by atoms with Crippen LogP contribution in [-0.4, -0.2) is 21.7 Å². The van der Waals surface area contributed by atoms with Gasteiger partial charge in [-0.3, -0.25) is 0 Å². The maximum absolute atomic E-state index is 13.1. The first-order chi connectivity index (χ1) is 9.45. The molecule has 3 nitrogen and oxygen atoms in total. The van der Waals surface area contributed by atoms with Crippen LogP contribution in [0.3, 0.4) is 0 Å². The molecule has 0 saturated carbocycles. The fourth-order valence-electron chi connectivity index (χ4n) is 2.05. The van der Waals surface area contributed by atoms with Gasteiger partial charge in [0.15, 0.2) is 9.84 Å². The molecule has 0 aromatic heterocycles. The second-order valence-corrected chi connectivity index (χ2v) is 6.54. The van der Waals surface area contributed by atoms with Gasteiger partial charge in [0.05, 0.1) is 4.90 Å². The molecular weight excluding hydrogens is 277 g/mol. The highest BCUT2D eigenvalue weighted by molar-refractivity contribution is 7.90. The quantitative estimate of drug-likeness (QED) is 0.941. The van der Waals surface area contributed by atoms with Crippen LogP contribution in [0.1, 0.15) is 5.56 Å². The van der Waals surface area contributed by atoms with E-state index in [1.165, 1.54) is 6.07 Å². The Morgan fingerprint density at radius 3 is 2.15 bits per heavy atom. The third kappa shape index (κ3) is 2.99. The minimum absolute atomic E-state index is 0.0515. The second kappa shape index (κ2) is 5.63. The molecule has 0 aliphatic heterocycles. The minimum Gasteiger partial charge on any atom is -0.388 e. The van der Waals surface area contributed by atoms with Gasteiger partial charge in [0.25, 0.3) is 0 Å². The Bertz CT molecular complexity index is 709. The smallest absolute Gasteiger partial charge is 0.175 e. The lowest BCUT2D eigenvalue weighted by molar-refractivity contribution is 0.478. The summed E-state index contributed by atoms with van der Waals surface area (Å²) in [4.78, 5) is 0.0515. The summed E-state index contributed by atoms with van der Waals surface area (Å²) in [5.41, 5.74) is 2.89. The Hall–Kier alpha value is -1.88. The molecule has 0 amide bonds. The van der Waals surface area contributed by atoms with E-state index in [1.54, 1.807) is 12.1 Å². The van der Waals surface area contributed by atoms with E-state index in [0.717, 1.165) is 23.1 Å². The van der Waals surface area contributed by atoms with E-state index in [0.29, 0.717) is 0 Å². The second-order valence-electron chi connectivity index (χ2n) is 4.56. The summed E-state index contributed by atoms with van der Waals surface area (Å²) in [5.74, 6) is 0. The van der Waals surface area contributed by atoms with Gasteiger partial charge >= 0.3 is 0 Å². The number of hydrogen-bond acceptors (Lipinski definition) is 3. The Morgan fingerprint density at radius 1 is 1.05 bits per heavy atom. The van der Waals surface area contributed by atoms with Crippen molar-refractivity contribution in [1.29, 1.82) is 0 Å². The van der Waals surface area contributed by atoms with Crippen LogP contribution < -0.4 is 5.32 Å². The van der Waals surface area contributed by atoms with Crippen molar-refractivity contribution in [1.82, 2.24) is 0 Å². The Labute approximate surface area is 118 Å². The topological polar surface area (TPSA) is 46.2 Å². The molecular formula is C15H16FNO2S. The average molecular weight is 293 g/mol. The predicted molar refractivity (Wildman–Crippen MR) is 79.3 cm³/mol. The Balaban J connectivity index is 2.48. The first-order valence-corrected chi connectivity index (χ1v) is 8.02. The van der Waals surface area contributed by atoms with Crippen molar-refractivity contribution >= 4 is 15.5 Å². The fourth-order valence-corrected chi connectivity index (χ4v) is 2.96. The van der Waals surface area contributed by atoms with Gasteiger partial charge in [-0.1, -0.05) is 18.2 Å². The summed E-state index contributed by atoms with van der Waals surface area (Å²) in [6, 6.07) is 12.4. The molecule has 2 aromatic carbocycles. The van der Waals surface area contributed by atoms with Crippen LogP contribution in [-0.2, 0) is 16.5 Å². The zero-order valence-corrected chi connectivity index (χ0v) is 12.2. The molecule has 1 N–H and O–H groups in total. The molecule has 0 radical (unpaired) electrons. The van der Waals surface area contributed by atoms with Crippen molar-refractivity contribution in [3.8, 4) is 11.1 Å². The average Bonchev–Trinajstić information content (AvgIpc) is 2.45. The standard InChI is InChI=1S/C15H16FNO2S/c1-17-14-6-3-11(4-7-14)12-5-8-15(20(2,18)19)13(9-12)10-16/h3-9,17H,10H2,1-2H3. The molecule has 0 atom stereocenters. The van der Waals surface area contributed by atoms with Crippen molar-refractivity contribution in [2.75, 3.05) is 18.6 Å². The summed E-state index contributed by atoms with van der Waals surface area (Å²) in [5, 5.41) is 3.02. The number of anilines is 1. The van der Waals surface area contributed by atoms with Gasteiger partial charge in [0, 0.05) is 24.6 Å². The Morgan fingerprint density at radius 2 is 1.65 bits per heavy atom. The van der Waals surface area contributed by atoms with Crippen LogP contribution in [0.25, 0.3) is 11.1 Å². The number of rotatable bonds is 4. The molecule has 106 valence electrons. The van der Waals surface area contributed by atoms with Crippen molar-refractivity contribution in [2.45, 2.75) is 11.6 Å². The number of nitrogens with one attached hydrogen (secondary N) is 1. The van der Waals surface area contributed by atoms with Gasteiger partial charge in [-0.25, -0.2) is 12.8 Å². The highest BCUT2D eigenvalue weighted by Crippen LogP contribution is 2.26. The van der Waals surface area contributed by atoms with E-state index >= 15 is 0 Å². The normalized spacial score (nSPS) is 11.3. The molecule has 0 heterocycles. The van der Waals surface area contributed by atoms with Gasteiger partial charge < -0.3 is 5.32 Å². The first-order valence-electron chi connectivity index (χ1n) is 6.13. The number of hydrogen-bond donors (Lipinski definition) is 1. The van der Waals surface area contributed by atoms with E-state index in [4.69, 9.17) is 0 Å². The molecule has 0 bridgehead atoms. The van der Waals surface area contributed by atoms with Gasteiger partial charge in [-0.2, -0.15) is 0 Å². The highest BCUT2D eigenvalue weighted by Gasteiger charge is 2.14. The fraction of sp³-hybridized carbons (Fsp3) is 0.200. The maximum Gasteiger partial charge on any atom is 0.175 e. The summed E-state index contributed by atoms with van der Waals surface area (Å²) in [6.45, 7) is -0.801. The zero-order chi connectivity index (χ0) is 14.8. The van der Waals surface area contributed by atoms with Crippen molar-refractivity contribution < 1.29 is 12.8 Å². The molecule has 2 aromatic rings. The van der Waals surface area contributed by atoms with E-state index in [1.807, 2.05) is 31.3 Å². The van der Waals surface area contributed by atoms with Crippen molar-refractivity contribution in [3.05, 3.63) is 48.0 Å². The molecule has 0 unspecified atom stereocenters. The van der Waals surface area contributed by atoms with Crippen LogP contribution in [0.15, 0.2) is 47.4 Å².